The standard InChI is InChI=1S/C20H34N4O8/c1-10(2)5-14(19(31)22-12(9-25)7-16(26)27)24-20(32)15(6-11(3)4)23-18(30)13(21)8-17(28)29/h9-15H,5-8,21H2,1-4H3,(H,22,31)(H,23,30)(H,24,32)(H,26,27)(H,28,29)/t12-,13-,14-,15-/m0/s1. The quantitative estimate of drug-likeness (QED) is 0.166. The number of carbonyl (C=O) groups excluding carboxylic acids is 4. The van der Waals surface area contributed by atoms with E-state index in [9.17, 15) is 28.8 Å². The van der Waals surface area contributed by atoms with Crippen LogP contribution in [0.5, 0.6) is 0 Å². The summed E-state index contributed by atoms with van der Waals surface area (Å²) in [6.45, 7) is 7.23. The molecule has 0 saturated heterocycles. The van der Waals surface area contributed by atoms with Crippen LogP contribution in [0.4, 0.5) is 0 Å². The number of nitrogens with two attached hydrogens (primary N) is 1. The molecule has 0 bridgehead atoms. The van der Waals surface area contributed by atoms with Crippen LogP contribution in [0.15, 0.2) is 0 Å². The van der Waals surface area contributed by atoms with Crippen molar-refractivity contribution in [3.63, 3.8) is 0 Å². The van der Waals surface area contributed by atoms with Crippen molar-refractivity contribution in [1.82, 2.24) is 16.0 Å². The van der Waals surface area contributed by atoms with E-state index in [1.807, 2.05) is 13.8 Å². The van der Waals surface area contributed by atoms with Crippen molar-refractivity contribution in [1.29, 1.82) is 0 Å². The average Bonchev–Trinajstić information content (AvgIpc) is 2.64. The van der Waals surface area contributed by atoms with Crippen molar-refractivity contribution >= 4 is 35.9 Å². The molecule has 12 heteroatoms. The fourth-order valence-corrected chi connectivity index (χ4v) is 2.84. The van der Waals surface area contributed by atoms with E-state index in [2.05, 4.69) is 16.0 Å². The molecule has 12 nitrogen and oxygen atoms in total. The molecule has 0 saturated carbocycles. The molecule has 0 aromatic heterocycles. The molecule has 0 fully saturated rings. The third kappa shape index (κ3) is 12.0. The second-order valence-corrected chi connectivity index (χ2v) is 8.43. The predicted octanol–water partition coefficient (Wildman–Crippen LogP) is -0.991. The first-order valence-corrected chi connectivity index (χ1v) is 10.3. The van der Waals surface area contributed by atoms with Crippen molar-refractivity contribution in [2.24, 2.45) is 17.6 Å². The number of hydrogen-bond acceptors (Lipinski definition) is 7. The highest BCUT2D eigenvalue weighted by atomic mass is 16.4. The van der Waals surface area contributed by atoms with E-state index in [0.717, 1.165) is 0 Å². The van der Waals surface area contributed by atoms with E-state index in [1.165, 1.54) is 0 Å². The zero-order valence-electron chi connectivity index (χ0n) is 18.8. The van der Waals surface area contributed by atoms with Gasteiger partial charge in [0.1, 0.15) is 18.4 Å². The second kappa shape index (κ2) is 14.1. The number of hydrogen-bond donors (Lipinski definition) is 6. The van der Waals surface area contributed by atoms with Gasteiger partial charge in [-0.15, -0.1) is 0 Å². The molecular formula is C20H34N4O8. The summed E-state index contributed by atoms with van der Waals surface area (Å²) in [4.78, 5) is 70.3. The smallest absolute Gasteiger partial charge is 0.305 e. The van der Waals surface area contributed by atoms with Gasteiger partial charge in [-0.1, -0.05) is 27.7 Å². The molecule has 0 aromatic rings. The normalized spacial score (nSPS) is 14.7. The third-order valence-electron chi connectivity index (χ3n) is 4.30. The molecule has 182 valence electrons. The highest BCUT2D eigenvalue weighted by Crippen LogP contribution is 2.10. The Hall–Kier alpha value is -3.02. The number of carbonyl (C=O) groups is 6. The first-order valence-electron chi connectivity index (χ1n) is 10.3. The van der Waals surface area contributed by atoms with E-state index in [0.29, 0.717) is 6.29 Å². The van der Waals surface area contributed by atoms with Crippen LogP contribution in [0.2, 0.25) is 0 Å². The van der Waals surface area contributed by atoms with Crippen LogP contribution in [0.25, 0.3) is 0 Å². The number of aldehydes is 1. The van der Waals surface area contributed by atoms with E-state index in [1.54, 1.807) is 13.8 Å². The maximum Gasteiger partial charge on any atom is 0.305 e. The molecule has 0 aliphatic carbocycles. The van der Waals surface area contributed by atoms with Crippen LogP contribution in [0, 0.1) is 11.8 Å². The van der Waals surface area contributed by atoms with Crippen molar-refractivity contribution in [2.75, 3.05) is 0 Å². The summed E-state index contributed by atoms with van der Waals surface area (Å²) in [7, 11) is 0. The SMILES string of the molecule is CC(C)C[C@H](NC(=O)[C@H](CC(C)C)NC(=O)[C@@H](N)CC(=O)O)C(=O)N[C@H](C=O)CC(=O)O. The lowest BCUT2D eigenvalue weighted by molar-refractivity contribution is -0.140. The minimum atomic E-state index is -1.35. The maximum absolute atomic E-state index is 12.9. The Morgan fingerprint density at radius 2 is 1.16 bits per heavy atom. The Kier molecular flexibility index (Phi) is 12.8. The van der Waals surface area contributed by atoms with Crippen LogP contribution >= 0.6 is 0 Å². The summed E-state index contributed by atoms with van der Waals surface area (Å²) in [6, 6.07) is -4.77. The fourth-order valence-electron chi connectivity index (χ4n) is 2.84. The molecule has 0 aromatic carbocycles. The van der Waals surface area contributed by atoms with Crippen LogP contribution < -0.4 is 21.7 Å². The predicted molar refractivity (Wildman–Crippen MR) is 113 cm³/mol. The number of carboxylic acid groups (broad SMARTS) is 2. The van der Waals surface area contributed by atoms with Gasteiger partial charge >= 0.3 is 11.9 Å². The zero-order valence-corrected chi connectivity index (χ0v) is 18.8. The number of rotatable bonds is 15. The summed E-state index contributed by atoms with van der Waals surface area (Å²) in [5.74, 6) is -4.85. The summed E-state index contributed by atoms with van der Waals surface area (Å²) in [5, 5.41) is 24.9. The van der Waals surface area contributed by atoms with Crippen LogP contribution in [-0.4, -0.2) is 70.3 Å². The Labute approximate surface area is 186 Å². The Balaban J connectivity index is 5.44. The molecule has 4 atom stereocenters. The Bertz CT molecular complexity index is 695. The molecule has 0 aliphatic rings. The van der Waals surface area contributed by atoms with Gasteiger partial charge in [0.25, 0.3) is 0 Å². The largest absolute Gasteiger partial charge is 0.481 e. The van der Waals surface area contributed by atoms with Crippen LogP contribution in [-0.2, 0) is 28.8 Å². The topological polar surface area (TPSA) is 205 Å². The third-order valence-corrected chi connectivity index (χ3v) is 4.30. The first kappa shape index (κ1) is 29.0. The second-order valence-electron chi connectivity index (χ2n) is 8.43. The van der Waals surface area contributed by atoms with Gasteiger partial charge in [0.05, 0.1) is 24.9 Å². The van der Waals surface area contributed by atoms with Gasteiger partial charge in [-0.2, -0.15) is 0 Å². The molecule has 7 N–H and O–H groups in total. The molecule has 0 aliphatic heterocycles. The van der Waals surface area contributed by atoms with Crippen LogP contribution in [0.1, 0.15) is 53.4 Å². The highest BCUT2D eigenvalue weighted by molar-refractivity contribution is 5.94. The van der Waals surface area contributed by atoms with Crippen molar-refractivity contribution < 1.29 is 39.0 Å². The molecular weight excluding hydrogens is 424 g/mol. The lowest BCUT2D eigenvalue weighted by Crippen LogP contribution is -2.57. The number of carboxylic acids is 2. The first-order chi connectivity index (χ1) is 14.8. The Morgan fingerprint density at radius 3 is 1.53 bits per heavy atom. The highest BCUT2D eigenvalue weighted by Gasteiger charge is 2.30. The monoisotopic (exact) mass is 458 g/mol. The molecule has 0 radical (unpaired) electrons. The fraction of sp³-hybridized carbons (Fsp3) is 0.700. The minimum Gasteiger partial charge on any atom is -0.481 e. The average molecular weight is 459 g/mol. The van der Waals surface area contributed by atoms with Gasteiger partial charge in [-0.25, -0.2) is 0 Å². The molecule has 0 spiro atoms. The zero-order chi connectivity index (χ0) is 25.0. The van der Waals surface area contributed by atoms with Gasteiger partial charge in [0.15, 0.2) is 0 Å². The van der Waals surface area contributed by atoms with E-state index in [-0.39, 0.29) is 24.7 Å². The van der Waals surface area contributed by atoms with E-state index in [4.69, 9.17) is 15.9 Å². The summed E-state index contributed by atoms with van der Waals surface area (Å²) in [5.41, 5.74) is 5.55. The molecule has 0 heterocycles. The van der Waals surface area contributed by atoms with E-state index < -0.39 is 66.7 Å². The number of aliphatic carboxylic acids is 2. The number of nitrogens with one attached hydrogen (secondary N) is 3. The van der Waals surface area contributed by atoms with Gasteiger partial charge in [0, 0.05) is 0 Å². The lowest BCUT2D eigenvalue weighted by Gasteiger charge is -2.26. The van der Waals surface area contributed by atoms with Crippen LogP contribution in [0.3, 0.4) is 0 Å². The summed E-state index contributed by atoms with van der Waals surface area (Å²) in [6.07, 6.45) is -0.533. The molecule has 32 heavy (non-hydrogen) atoms. The molecule has 0 rings (SSSR count). The molecule has 0 unspecified atom stereocenters. The minimum absolute atomic E-state index is 0.0332. The van der Waals surface area contributed by atoms with Gasteiger partial charge < -0.3 is 36.7 Å². The van der Waals surface area contributed by atoms with Gasteiger partial charge in [-0.05, 0) is 24.7 Å². The Morgan fingerprint density at radius 1 is 0.750 bits per heavy atom. The maximum atomic E-state index is 12.9. The van der Waals surface area contributed by atoms with E-state index >= 15 is 0 Å². The number of amides is 3. The van der Waals surface area contributed by atoms with Crippen molar-refractivity contribution in [3.8, 4) is 0 Å². The van der Waals surface area contributed by atoms with Crippen molar-refractivity contribution in [2.45, 2.75) is 77.5 Å². The van der Waals surface area contributed by atoms with Crippen molar-refractivity contribution in [3.05, 3.63) is 0 Å². The molecule has 3 amide bonds. The van der Waals surface area contributed by atoms with Gasteiger partial charge in [0.2, 0.25) is 17.7 Å². The summed E-state index contributed by atoms with van der Waals surface area (Å²) < 4.78 is 0. The summed E-state index contributed by atoms with van der Waals surface area (Å²) >= 11 is 0. The lowest BCUT2D eigenvalue weighted by atomic mass is 9.99. The van der Waals surface area contributed by atoms with Gasteiger partial charge in [-0.3, -0.25) is 24.0 Å².